The van der Waals surface area contributed by atoms with Gasteiger partial charge in [0, 0.05) is 11.0 Å². The lowest BCUT2D eigenvalue weighted by molar-refractivity contribution is -0.150. The lowest BCUT2D eigenvalue weighted by atomic mass is 9.90. The highest BCUT2D eigenvalue weighted by Gasteiger charge is 2.46. The van der Waals surface area contributed by atoms with Crippen LogP contribution >= 0.6 is 15.9 Å². The fourth-order valence-corrected chi connectivity index (χ4v) is 3.59. The average molecular weight is 340 g/mol. The summed E-state index contributed by atoms with van der Waals surface area (Å²) in [6, 6.07) is 6.28. The fraction of sp³-hybridized carbons (Fsp3) is 0.562. The Morgan fingerprint density at radius 3 is 2.85 bits per heavy atom. The van der Waals surface area contributed by atoms with Crippen molar-refractivity contribution in [2.75, 3.05) is 6.54 Å². The van der Waals surface area contributed by atoms with Crippen LogP contribution in [-0.2, 0) is 11.3 Å². The van der Waals surface area contributed by atoms with Gasteiger partial charge < -0.3 is 5.11 Å². The van der Waals surface area contributed by atoms with Gasteiger partial charge in [0.2, 0.25) is 0 Å². The SMILES string of the molecule is CCCC1(C(=O)O)CCCN1Cc1ccc(C)c(Br)c1. The molecule has 0 radical (unpaired) electrons. The maximum Gasteiger partial charge on any atom is 0.324 e. The molecule has 2 rings (SSSR count). The van der Waals surface area contributed by atoms with E-state index in [4.69, 9.17) is 0 Å². The quantitative estimate of drug-likeness (QED) is 0.882. The molecule has 0 amide bonds. The van der Waals surface area contributed by atoms with E-state index in [1.165, 1.54) is 11.1 Å². The van der Waals surface area contributed by atoms with Gasteiger partial charge in [-0.1, -0.05) is 41.4 Å². The first kappa shape index (κ1) is 15.5. The lowest BCUT2D eigenvalue weighted by Crippen LogP contribution is -2.49. The molecule has 1 fully saturated rings. The molecule has 1 saturated heterocycles. The van der Waals surface area contributed by atoms with E-state index in [2.05, 4.69) is 52.9 Å². The van der Waals surface area contributed by atoms with Gasteiger partial charge in [0.05, 0.1) is 0 Å². The highest BCUT2D eigenvalue weighted by Crippen LogP contribution is 2.35. The normalized spacial score (nSPS) is 23.1. The van der Waals surface area contributed by atoms with E-state index in [0.717, 1.165) is 36.7 Å². The average Bonchev–Trinajstić information content (AvgIpc) is 2.79. The minimum atomic E-state index is -0.664. The first-order valence-electron chi connectivity index (χ1n) is 7.23. The van der Waals surface area contributed by atoms with Gasteiger partial charge in [-0.05, 0) is 49.9 Å². The summed E-state index contributed by atoms with van der Waals surface area (Å²) in [7, 11) is 0. The molecule has 3 nitrogen and oxygen atoms in total. The monoisotopic (exact) mass is 339 g/mol. The molecule has 1 heterocycles. The van der Waals surface area contributed by atoms with Crippen molar-refractivity contribution >= 4 is 21.9 Å². The molecule has 20 heavy (non-hydrogen) atoms. The van der Waals surface area contributed by atoms with E-state index in [0.29, 0.717) is 6.54 Å². The van der Waals surface area contributed by atoms with Crippen LogP contribution in [0.1, 0.15) is 43.7 Å². The topological polar surface area (TPSA) is 40.5 Å². The molecule has 1 atom stereocenters. The standard InChI is InChI=1S/C16H22BrNO2/c1-3-7-16(15(19)20)8-4-9-18(16)11-13-6-5-12(2)14(17)10-13/h5-6,10H,3-4,7-9,11H2,1-2H3,(H,19,20). The third kappa shape index (κ3) is 2.91. The minimum absolute atomic E-state index is 0.661. The largest absolute Gasteiger partial charge is 0.480 e. The molecule has 1 aromatic carbocycles. The Bertz CT molecular complexity index is 503. The van der Waals surface area contributed by atoms with Crippen molar-refractivity contribution in [1.82, 2.24) is 4.90 Å². The molecule has 0 spiro atoms. The van der Waals surface area contributed by atoms with Crippen LogP contribution in [0.15, 0.2) is 22.7 Å². The smallest absolute Gasteiger partial charge is 0.324 e. The van der Waals surface area contributed by atoms with Gasteiger partial charge in [-0.3, -0.25) is 9.69 Å². The minimum Gasteiger partial charge on any atom is -0.480 e. The second kappa shape index (κ2) is 6.27. The predicted octanol–water partition coefficient (Wildman–Crippen LogP) is 3.98. The summed E-state index contributed by atoms with van der Waals surface area (Å²) < 4.78 is 1.09. The summed E-state index contributed by atoms with van der Waals surface area (Å²) in [5, 5.41) is 9.69. The number of benzene rings is 1. The molecule has 1 aliphatic rings. The van der Waals surface area contributed by atoms with Gasteiger partial charge in [0.25, 0.3) is 0 Å². The maximum atomic E-state index is 11.8. The molecular weight excluding hydrogens is 318 g/mol. The number of rotatable bonds is 5. The molecule has 1 N–H and O–H groups in total. The Kier molecular flexibility index (Phi) is 4.86. The number of hydrogen-bond acceptors (Lipinski definition) is 2. The van der Waals surface area contributed by atoms with Crippen molar-refractivity contribution in [3.8, 4) is 0 Å². The molecule has 110 valence electrons. The van der Waals surface area contributed by atoms with Crippen LogP contribution in [-0.4, -0.2) is 28.1 Å². The number of carboxylic acid groups (broad SMARTS) is 1. The number of aliphatic carboxylic acids is 1. The second-order valence-electron chi connectivity index (χ2n) is 5.70. The van der Waals surface area contributed by atoms with Crippen molar-refractivity contribution in [3.63, 3.8) is 0 Å². The van der Waals surface area contributed by atoms with Crippen LogP contribution in [0.25, 0.3) is 0 Å². The van der Waals surface area contributed by atoms with Crippen molar-refractivity contribution in [2.24, 2.45) is 0 Å². The molecule has 0 saturated carbocycles. The van der Waals surface area contributed by atoms with Crippen molar-refractivity contribution < 1.29 is 9.90 Å². The summed E-state index contributed by atoms with van der Waals surface area (Å²) >= 11 is 3.55. The molecule has 1 aromatic rings. The fourth-order valence-electron chi connectivity index (χ4n) is 3.17. The Morgan fingerprint density at radius 2 is 2.25 bits per heavy atom. The molecule has 0 aliphatic carbocycles. The van der Waals surface area contributed by atoms with E-state index in [1.807, 2.05) is 0 Å². The summed E-state index contributed by atoms with van der Waals surface area (Å²) in [5.41, 5.74) is 1.71. The van der Waals surface area contributed by atoms with E-state index in [-0.39, 0.29) is 0 Å². The zero-order valence-electron chi connectivity index (χ0n) is 12.2. The van der Waals surface area contributed by atoms with Gasteiger partial charge in [0.15, 0.2) is 0 Å². The van der Waals surface area contributed by atoms with Crippen molar-refractivity contribution in [2.45, 2.75) is 51.6 Å². The Balaban J connectivity index is 2.22. The Labute approximate surface area is 129 Å². The van der Waals surface area contributed by atoms with Crippen LogP contribution in [0.4, 0.5) is 0 Å². The second-order valence-corrected chi connectivity index (χ2v) is 6.55. The third-order valence-corrected chi connectivity index (χ3v) is 5.15. The van der Waals surface area contributed by atoms with Crippen LogP contribution in [0.5, 0.6) is 0 Å². The van der Waals surface area contributed by atoms with E-state index >= 15 is 0 Å². The van der Waals surface area contributed by atoms with Gasteiger partial charge in [-0.15, -0.1) is 0 Å². The summed E-state index contributed by atoms with van der Waals surface area (Å²) in [6.07, 6.45) is 3.37. The summed E-state index contributed by atoms with van der Waals surface area (Å²) in [6.45, 7) is 5.70. The van der Waals surface area contributed by atoms with Gasteiger partial charge in [-0.25, -0.2) is 0 Å². The molecule has 1 unspecified atom stereocenters. The number of carbonyl (C=O) groups is 1. The molecule has 0 aromatic heterocycles. The number of halogens is 1. The van der Waals surface area contributed by atoms with Crippen LogP contribution in [0.3, 0.4) is 0 Å². The first-order chi connectivity index (χ1) is 9.49. The molecule has 0 bridgehead atoms. The Morgan fingerprint density at radius 1 is 1.50 bits per heavy atom. The first-order valence-corrected chi connectivity index (χ1v) is 8.02. The zero-order valence-corrected chi connectivity index (χ0v) is 13.7. The maximum absolute atomic E-state index is 11.8. The number of nitrogens with zero attached hydrogens (tertiary/aromatic N) is 1. The molecule has 4 heteroatoms. The zero-order chi connectivity index (χ0) is 14.8. The highest BCUT2D eigenvalue weighted by molar-refractivity contribution is 9.10. The lowest BCUT2D eigenvalue weighted by Gasteiger charge is -2.34. The van der Waals surface area contributed by atoms with Gasteiger partial charge in [0.1, 0.15) is 5.54 Å². The predicted molar refractivity (Wildman–Crippen MR) is 83.8 cm³/mol. The number of carboxylic acids is 1. The number of likely N-dealkylation sites (tertiary alicyclic amines) is 1. The number of hydrogen-bond donors (Lipinski definition) is 1. The molecule has 1 aliphatic heterocycles. The number of aryl methyl sites for hydroxylation is 1. The van der Waals surface area contributed by atoms with Gasteiger partial charge in [-0.2, -0.15) is 0 Å². The van der Waals surface area contributed by atoms with Crippen molar-refractivity contribution in [1.29, 1.82) is 0 Å². The van der Waals surface area contributed by atoms with Crippen molar-refractivity contribution in [3.05, 3.63) is 33.8 Å². The van der Waals surface area contributed by atoms with E-state index < -0.39 is 11.5 Å². The van der Waals surface area contributed by atoms with Gasteiger partial charge >= 0.3 is 5.97 Å². The van der Waals surface area contributed by atoms with E-state index in [1.54, 1.807) is 0 Å². The highest BCUT2D eigenvalue weighted by atomic mass is 79.9. The summed E-state index contributed by atoms with van der Waals surface area (Å²) in [5.74, 6) is -0.664. The van der Waals surface area contributed by atoms with Crippen LogP contribution in [0.2, 0.25) is 0 Å². The third-order valence-electron chi connectivity index (χ3n) is 4.30. The van der Waals surface area contributed by atoms with Crippen LogP contribution in [0, 0.1) is 6.92 Å². The van der Waals surface area contributed by atoms with Crippen LogP contribution < -0.4 is 0 Å². The van der Waals surface area contributed by atoms with E-state index in [9.17, 15) is 9.90 Å². The summed E-state index contributed by atoms with van der Waals surface area (Å²) in [4.78, 5) is 13.9. The molecular formula is C16H22BrNO2. The Hall–Kier alpha value is -0.870.